The molecule has 26 heavy (non-hydrogen) atoms. The van der Waals surface area contributed by atoms with Gasteiger partial charge in [-0.1, -0.05) is 12.1 Å². The molecule has 0 spiro atoms. The summed E-state index contributed by atoms with van der Waals surface area (Å²) in [6.07, 6.45) is 3.15. The van der Waals surface area contributed by atoms with Crippen molar-refractivity contribution in [3.8, 4) is 11.6 Å². The highest BCUT2D eigenvalue weighted by Crippen LogP contribution is 2.29. The monoisotopic (exact) mass is 359 g/mol. The summed E-state index contributed by atoms with van der Waals surface area (Å²) >= 11 is 0. The molecule has 1 aromatic carbocycles. The molecule has 1 N–H and O–H groups in total. The molecule has 0 unspecified atom stereocenters. The molecule has 1 aliphatic rings. The summed E-state index contributed by atoms with van der Waals surface area (Å²) in [5, 5.41) is 2.83. The third-order valence-electron chi connectivity index (χ3n) is 4.29. The lowest BCUT2D eigenvalue weighted by molar-refractivity contribution is 0.0494. The van der Waals surface area contributed by atoms with Gasteiger partial charge in [0.2, 0.25) is 5.88 Å². The Balaban J connectivity index is 1.75. The maximum absolute atomic E-state index is 13.8. The summed E-state index contributed by atoms with van der Waals surface area (Å²) in [7, 11) is 0. The van der Waals surface area contributed by atoms with E-state index in [2.05, 4.69) is 10.3 Å². The van der Waals surface area contributed by atoms with Crippen molar-refractivity contribution in [3.05, 3.63) is 48.4 Å². The van der Waals surface area contributed by atoms with Crippen molar-refractivity contribution in [1.82, 2.24) is 9.88 Å². The molecule has 1 aliphatic heterocycles. The van der Waals surface area contributed by atoms with Gasteiger partial charge >= 0.3 is 6.03 Å². The number of aromatic nitrogens is 1. The van der Waals surface area contributed by atoms with Gasteiger partial charge in [0.25, 0.3) is 0 Å². The Bertz CT molecular complexity index is 750. The van der Waals surface area contributed by atoms with E-state index in [1.807, 2.05) is 6.92 Å². The molecule has 7 heteroatoms. The zero-order chi connectivity index (χ0) is 18.4. The molecule has 1 aromatic heterocycles. The maximum Gasteiger partial charge on any atom is 0.322 e. The van der Waals surface area contributed by atoms with Gasteiger partial charge in [-0.25, -0.2) is 14.2 Å². The van der Waals surface area contributed by atoms with Crippen LogP contribution in [0.25, 0.3) is 0 Å². The highest BCUT2D eigenvalue weighted by molar-refractivity contribution is 5.90. The van der Waals surface area contributed by atoms with Gasteiger partial charge in [0.15, 0.2) is 11.6 Å². The summed E-state index contributed by atoms with van der Waals surface area (Å²) in [4.78, 5) is 18.6. The summed E-state index contributed by atoms with van der Waals surface area (Å²) in [6, 6.07) is 9.34. The second-order valence-electron chi connectivity index (χ2n) is 5.95. The summed E-state index contributed by atoms with van der Waals surface area (Å²) < 4.78 is 24.8. The molecule has 2 aromatic rings. The molecule has 0 aliphatic carbocycles. The minimum absolute atomic E-state index is 0.0541. The van der Waals surface area contributed by atoms with Crippen LogP contribution in [0.2, 0.25) is 0 Å². The Labute approximate surface area is 151 Å². The average Bonchev–Trinajstić information content (AvgIpc) is 2.66. The van der Waals surface area contributed by atoms with Crippen LogP contribution in [0.3, 0.4) is 0 Å². The highest BCUT2D eigenvalue weighted by Gasteiger charge is 2.25. The number of nitrogens with zero attached hydrogens (tertiary/aromatic N) is 2. The number of hydrogen-bond donors (Lipinski definition) is 1. The largest absolute Gasteiger partial charge is 0.434 e. The molecule has 1 fully saturated rings. The van der Waals surface area contributed by atoms with E-state index >= 15 is 0 Å². The lowest BCUT2D eigenvalue weighted by atomic mass is 10.1. The van der Waals surface area contributed by atoms with E-state index < -0.39 is 5.82 Å². The number of hydrogen-bond acceptors (Lipinski definition) is 4. The Morgan fingerprint density at radius 2 is 2.08 bits per heavy atom. The third kappa shape index (κ3) is 4.29. The van der Waals surface area contributed by atoms with E-state index in [1.165, 1.54) is 18.3 Å². The predicted octanol–water partition coefficient (Wildman–Crippen LogP) is 4.05. The summed E-state index contributed by atoms with van der Waals surface area (Å²) in [5.74, 6) is -0.291. The number of ether oxygens (including phenoxy) is 2. The molecule has 0 atom stereocenters. The van der Waals surface area contributed by atoms with Gasteiger partial charge in [-0.15, -0.1) is 0 Å². The first-order valence-corrected chi connectivity index (χ1v) is 8.71. The summed E-state index contributed by atoms with van der Waals surface area (Å²) in [5.41, 5.74) is 0.395. The van der Waals surface area contributed by atoms with Gasteiger partial charge in [0.1, 0.15) is 5.69 Å². The van der Waals surface area contributed by atoms with Crippen molar-refractivity contribution in [2.24, 2.45) is 0 Å². The van der Waals surface area contributed by atoms with Gasteiger partial charge in [-0.05, 0) is 44.0 Å². The molecule has 138 valence electrons. The van der Waals surface area contributed by atoms with Crippen LogP contribution in [0.4, 0.5) is 14.9 Å². The molecular weight excluding hydrogens is 337 g/mol. The number of anilines is 1. The second-order valence-corrected chi connectivity index (χ2v) is 5.95. The van der Waals surface area contributed by atoms with Crippen molar-refractivity contribution >= 4 is 11.7 Å². The van der Waals surface area contributed by atoms with Crippen LogP contribution in [-0.2, 0) is 4.74 Å². The topological polar surface area (TPSA) is 63.7 Å². The van der Waals surface area contributed by atoms with E-state index in [0.717, 1.165) is 12.8 Å². The first kappa shape index (κ1) is 18.1. The Morgan fingerprint density at radius 1 is 1.31 bits per heavy atom. The third-order valence-corrected chi connectivity index (χ3v) is 4.29. The molecule has 3 rings (SSSR count). The zero-order valence-electron chi connectivity index (χ0n) is 14.7. The lowest BCUT2D eigenvalue weighted by Crippen LogP contribution is -2.45. The number of halogens is 1. The molecule has 2 amide bonds. The van der Waals surface area contributed by atoms with Gasteiger partial charge < -0.3 is 19.7 Å². The molecule has 0 saturated carbocycles. The van der Waals surface area contributed by atoms with E-state index in [9.17, 15) is 9.18 Å². The molecule has 6 nitrogen and oxygen atoms in total. The first-order chi connectivity index (χ1) is 12.7. The maximum atomic E-state index is 13.8. The Kier molecular flexibility index (Phi) is 6.01. The normalized spacial score (nSPS) is 14.7. The number of carbonyl (C=O) groups excluding carboxylic acids is 1. The minimum atomic E-state index is -0.493. The number of carbonyl (C=O) groups is 1. The van der Waals surface area contributed by atoms with Crippen LogP contribution in [0.5, 0.6) is 11.6 Å². The van der Waals surface area contributed by atoms with Crippen LogP contribution in [0.1, 0.15) is 19.8 Å². The Morgan fingerprint density at radius 3 is 2.81 bits per heavy atom. The van der Waals surface area contributed by atoms with E-state index in [-0.39, 0.29) is 23.7 Å². The minimum Gasteiger partial charge on any atom is -0.434 e. The quantitative estimate of drug-likeness (QED) is 0.875. The van der Waals surface area contributed by atoms with Crippen LogP contribution in [0, 0.1) is 5.82 Å². The van der Waals surface area contributed by atoms with Crippen molar-refractivity contribution in [2.75, 3.05) is 25.1 Å². The number of urea groups is 1. The predicted molar refractivity (Wildman–Crippen MR) is 96.0 cm³/mol. The molecular formula is C19H22FN3O3. The second kappa shape index (κ2) is 8.62. The van der Waals surface area contributed by atoms with E-state index in [4.69, 9.17) is 9.47 Å². The highest BCUT2D eigenvalue weighted by atomic mass is 19.1. The fraction of sp³-hybridized carbons (Fsp3) is 0.368. The standard InChI is InChI=1S/C19H22FN3O3/c1-2-23(14-9-12-25-13-10-14)19(24)22-16-7-5-11-21-18(16)26-17-8-4-3-6-15(17)20/h3-8,11,14H,2,9-10,12-13H2,1H3,(H,22,24). The van der Waals surface area contributed by atoms with Crippen molar-refractivity contribution in [2.45, 2.75) is 25.8 Å². The fourth-order valence-electron chi connectivity index (χ4n) is 2.95. The number of benzene rings is 1. The van der Waals surface area contributed by atoms with Crippen LogP contribution >= 0.6 is 0 Å². The molecule has 0 radical (unpaired) electrons. The van der Waals surface area contributed by atoms with Crippen molar-refractivity contribution in [3.63, 3.8) is 0 Å². The van der Waals surface area contributed by atoms with Crippen molar-refractivity contribution in [1.29, 1.82) is 0 Å². The molecule has 2 heterocycles. The Hall–Kier alpha value is -2.67. The number of pyridine rings is 1. The van der Waals surface area contributed by atoms with Gasteiger partial charge in [-0.2, -0.15) is 0 Å². The lowest BCUT2D eigenvalue weighted by Gasteiger charge is -2.33. The average molecular weight is 359 g/mol. The SMILES string of the molecule is CCN(C(=O)Nc1cccnc1Oc1ccccc1F)C1CCOCC1. The van der Waals surface area contributed by atoms with Crippen LogP contribution in [0.15, 0.2) is 42.6 Å². The number of rotatable bonds is 5. The van der Waals surface area contributed by atoms with E-state index in [1.54, 1.807) is 29.2 Å². The van der Waals surface area contributed by atoms with Crippen molar-refractivity contribution < 1.29 is 18.7 Å². The van der Waals surface area contributed by atoms with Crippen LogP contribution < -0.4 is 10.1 Å². The number of para-hydroxylation sites is 1. The zero-order valence-corrected chi connectivity index (χ0v) is 14.7. The van der Waals surface area contributed by atoms with E-state index in [0.29, 0.717) is 25.4 Å². The van der Waals surface area contributed by atoms with Gasteiger partial charge in [0, 0.05) is 32.0 Å². The fourth-order valence-corrected chi connectivity index (χ4v) is 2.95. The molecule has 1 saturated heterocycles. The first-order valence-electron chi connectivity index (χ1n) is 8.71. The van der Waals surface area contributed by atoms with Gasteiger partial charge in [-0.3, -0.25) is 0 Å². The number of amides is 2. The summed E-state index contributed by atoms with van der Waals surface area (Å²) in [6.45, 7) is 3.83. The van der Waals surface area contributed by atoms with Crippen LogP contribution in [-0.4, -0.2) is 41.7 Å². The number of nitrogens with one attached hydrogen (secondary N) is 1. The molecule has 0 bridgehead atoms. The smallest absolute Gasteiger partial charge is 0.322 e. The van der Waals surface area contributed by atoms with Gasteiger partial charge in [0.05, 0.1) is 0 Å².